The van der Waals surface area contributed by atoms with Crippen LogP contribution in [0.2, 0.25) is 0 Å². The number of unbranched alkanes of at least 4 members (excludes halogenated alkanes) is 1. The van der Waals surface area contributed by atoms with Crippen LogP contribution in [0.4, 0.5) is 0 Å². The first kappa shape index (κ1) is 18.1. The van der Waals surface area contributed by atoms with Gasteiger partial charge in [-0.25, -0.2) is 0 Å². The van der Waals surface area contributed by atoms with Gasteiger partial charge in [-0.2, -0.15) is 0 Å². The summed E-state index contributed by atoms with van der Waals surface area (Å²) >= 11 is 0. The zero-order valence-electron chi connectivity index (χ0n) is 14.4. The summed E-state index contributed by atoms with van der Waals surface area (Å²) in [7, 11) is 0. The molecular formula is C19H25N3O2. The minimum absolute atomic E-state index is 0.221. The van der Waals surface area contributed by atoms with E-state index in [-0.39, 0.29) is 6.42 Å². The summed E-state index contributed by atoms with van der Waals surface area (Å²) < 4.78 is 0. The summed E-state index contributed by atoms with van der Waals surface area (Å²) in [6.07, 6.45) is 1.76. The fraction of sp³-hybridized carbons (Fsp3) is 0.421. The van der Waals surface area contributed by atoms with Crippen molar-refractivity contribution < 1.29 is 9.90 Å². The highest BCUT2D eigenvalue weighted by atomic mass is 16.4. The molecule has 1 N–H and O–H groups in total. The molecule has 5 nitrogen and oxygen atoms in total. The lowest BCUT2D eigenvalue weighted by Gasteiger charge is -2.22. The minimum atomic E-state index is -0.734. The van der Waals surface area contributed by atoms with E-state index in [0.29, 0.717) is 6.42 Å². The average Bonchev–Trinajstić information content (AvgIpc) is 2.51. The van der Waals surface area contributed by atoms with Crippen molar-refractivity contribution in [2.75, 3.05) is 6.54 Å². The van der Waals surface area contributed by atoms with E-state index in [2.05, 4.69) is 14.9 Å². The number of hydrogen-bond donors (Lipinski definition) is 1. The number of aliphatic carboxylic acids is 1. The molecule has 0 saturated carbocycles. The summed E-state index contributed by atoms with van der Waals surface area (Å²) in [6.45, 7) is 6.29. The lowest BCUT2D eigenvalue weighted by Crippen LogP contribution is -2.25. The van der Waals surface area contributed by atoms with Crippen molar-refractivity contribution in [2.24, 2.45) is 0 Å². The van der Waals surface area contributed by atoms with E-state index in [0.717, 1.165) is 48.8 Å². The molecule has 0 radical (unpaired) electrons. The smallest absolute Gasteiger partial charge is 0.303 e. The molecule has 0 spiro atoms. The van der Waals surface area contributed by atoms with Crippen LogP contribution in [0.15, 0.2) is 36.4 Å². The molecule has 24 heavy (non-hydrogen) atoms. The Morgan fingerprint density at radius 3 is 1.96 bits per heavy atom. The van der Waals surface area contributed by atoms with Crippen LogP contribution in [0.25, 0.3) is 0 Å². The second-order valence-corrected chi connectivity index (χ2v) is 6.10. The number of carboxylic acid groups (broad SMARTS) is 1. The maximum absolute atomic E-state index is 10.7. The van der Waals surface area contributed by atoms with Gasteiger partial charge in [0.15, 0.2) is 0 Å². The Morgan fingerprint density at radius 2 is 1.50 bits per heavy atom. The quantitative estimate of drug-likeness (QED) is 0.715. The van der Waals surface area contributed by atoms with Crippen molar-refractivity contribution in [1.29, 1.82) is 0 Å². The van der Waals surface area contributed by atoms with Crippen molar-refractivity contribution in [1.82, 2.24) is 14.9 Å². The Hall–Kier alpha value is -2.27. The molecule has 0 atom stereocenters. The van der Waals surface area contributed by atoms with Gasteiger partial charge >= 0.3 is 5.97 Å². The molecule has 0 aliphatic carbocycles. The highest BCUT2D eigenvalue weighted by Gasteiger charge is 2.10. The van der Waals surface area contributed by atoms with Gasteiger partial charge < -0.3 is 5.11 Å². The van der Waals surface area contributed by atoms with Gasteiger partial charge in [-0.1, -0.05) is 12.1 Å². The number of hydrogen-bond acceptors (Lipinski definition) is 4. The van der Waals surface area contributed by atoms with Crippen LogP contribution in [0.1, 0.15) is 42.0 Å². The van der Waals surface area contributed by atoms with Gasteiger partial charge in [-0.3, -0.25) is 19.7 Å². The number of aromatic nitrogens is 2. The van der Waals surface area contributed by atoms with Crippen LogP contribution in [0, 0.1) is 13.8 Å². The third kappa shape index (κ3) is 6.46. The molecule has 2 aromatic heterocycles. The molecule has 128 valence electrons. The Balaban J connectivity index is 2.01. The number of aryl methyl sites for hydroxylation is 2. The van der Waals surface area contributed by atoms with E-state index in [4.69, 9.17) is 5.11 Å². The van der Waals surface area contributed by atoms with E-state index < -0.39 is 5.97 Å². The van der Waals surface area contributed by atoms with Crippen molar-refractivity contribution >= 4 is 5.97 Å². The molecule has 0 aliphatic heterocycles. The van der Waals surface area contributed by atoms with Crippen molar-refractivity contribution in [3.05, 3.63) is 59.2 Å². The Labute approximate surface area is 143 Å². The van der Waals surface area contributed by atoms with E-state index in [1.807, 2.05) is 50.2 Å². The Kier molecular flexibility index (Phi) is 6.88. The minimum Gasteiger partial charge on any atom is -0.481 e. The molecule has 0 unspecified atom stereocenters. The van der Waals surface area contributed by atoms with Crippen LogP contribution >= 0.6 is 0 Å². The first-order valence-electron chi connectivity index (χ1n) is 8.32. The molecule has 0 amide bonds. The predicted molar refractivity (Wildman–Crippen MR) is 93.5 cm³/mol. The van der Waals surface area contributed by atoms with Gasteiger partial charge in [0.25, 0.3) is 0 Å². The third-order valence-electron chi connectivity index (χ3n) is 3.78. The van der Waals surface area contributed by atoms with E-state index in [1.165, 1.54) is 0 Å². The fourth-order valence-electron chi connectivity index (χ4n) is 2.66. The van der Waals surface area contributed by atoms with Crippen LogP contribution < -0.4 is 0 Å². The van der Waals surface area contributed by atoms with Gasteiger partial charge in [0.2, 0.25) is 0 Å². The SMILES string of the molecule is Cc1cccc(CN(CCCCC(=O)O)Cc2cccc(C)n2)n1. The van der Waals surface area contributed by atoms with Gasteiger partial charge in [0.1, 0.15) is 0 Å². The molecule has 0 bridgehead atoms. The van der Waals surface area contributed by atoms with Crippen LogP contribution in [-0.2, 0) is 17.9 Å². The summed E-state index contributed by atoms with van der Waals surface area (Å²) in [5, 5.41) is 8.78. The van der Waals surface area contributed by atoms with Gasteiger partial charge in [0, 0.05) is 30.9 Å². The highest BCUT2D eigenvalue weighted by Crippen LogP contribution is 2.10. The molecule has 2 rings (SSSR count). The molecule has 5 heteroatoms. The summed E-state index contributed by atoms with van der Waals surface area (Å²) in [6, 6.07) is 12.1. The largest absolute Gasteiger partial charge is 0.481 e. The van der Waals surface area contributed by atoms with Crippen LogP contribution in [0.5, 0.6) is 0 Å². The first-order valence-corrected chi connectivity index (χ1v) is 8.32. The third-order valence-corrected chi connectivity index (χ3v) is 3.78. The molecule has 0 aromatic carbocycles. The fourth-order valence-corrected chi connectivity index (χ4v) is 2.66. The predicted octanol–water partition coefficient (Wildman–Crippen LogP) is 3.35. The number of carbonyl (C=O) groups is 1. The van der Waals surface area contributed by atoms with Crippen LogP contribution in [0.3, 0.4) is 0 Å². The highest BCUT2D eigenvalue weighted by molar-refractivity contribution is 5.66. The van der Waals surface area contributed by atoms with E-state index >= 15 is 0 Å². The number of carboxylic acids is 1. The van der Waals surface area contributed by atoms with E-state index in [9.17, 15) is 4.79 Å². The lowest BCUT2D eigenvalue weighted by molar-refractivity contribution is -0.137. The van der Waals surface area contributed by atoms with Crippen molar-refractivity contribution in [2.45, 2.75) is 46.2 Å². The monoisotopic (exact) mass is 327 g/mol. The van der Waals surface area contributed by atoms with Crippen LogP contribution in [-0.4, -0.2) is 32.5 Å². The standard InChI is InChI=1S/C19H25N3O2/c1-15-7-5-9-17(20-15)13-22(12-4-3-11-19(23)24)14-18-10-6-8-16(2)21-18/h5-10H,3-4,11-14H2,1-2H3,(H,23,24). The maximum Gasteiger partial charge on any atom is 0.303 e. The molecule has 2 aromatic rings. The lowest BCUT2D eigenvalue weighted by atomic mass is 10.2. The second kappa shape index (κ2) is 9.13. The molecule has 0 aliphatic rings. The van der Waals surface area contributed by atoms with E-state index in [1.54, 1.807) is 0 Å². The van der Waals surface area contributed by atoms with Gasteiger partial charge in [0.05, 0.1) is 11.4 Å². The second-order valence-electron chi connectivity index (χ2n) is 6.10. The normalized spacial score (nSPS) is 11.0. The number of nitrogens with zero attached hydrogens (tertiary/aromatic N) is 3. The zero-order chi connectivity index (χ0) is 17.4. The Bertz CT molecular complexity index is 626. The Morgan fingerprint density at radius 1 is 0.958 bits per heavy atom. The molecule has 0 fully saturated rings. The summed E-state index contributed by atoms with van der Waals surface area (Å²) in [5.41, 5.74) is 4.07. The number of pyridine rings is 2. The average molecular weight is 327 g/mol. The topological polar surface area (TPSA) is 66.3 Å². The van der Waals surface area contributed by atoms with Gasteiger partial charge in [-0.05, 0) is 57.5 Å². The molecule has 2 heterocycles. The number of rotatable bonds is 9. The summed E-state index contributed by atoms with van der Waals surface area (Å²) in [5.74, 6) is -0.734. The van der Waals surface area contributed by atoms with Crippen molar-refractivity contribution in [3.8, 4) is 0 Å². The maximum atomic E-state index is 10.7. The first-order chi connectivity index (χ1) is 11.5. The molecule has 0 saturated heterocycles. The molecular weight excluding hydrogens is 302 g/mol. The zero-order valence-corrected chi connectivity index (χ0v) is 14.4. The summed E-state index contributed by atoms with van der Waals surface area (Å²) in [4.78, 5) is 22.1. The van der Waals surface area contributed by atoms with Crippen molar-refractivity contribution in [3.63, 3.8) is 0 Å². The van der Waals surface area contributed by atoms with Gasteiger partial charge in [-0.15, -0.1) is 0 Å².